The molecule has 27 heavy (non-hydrogen) atoms. The van der Waals surface area contributed by atoms with Gasteiger partial charge in [-0.05, 0) is 51.3 Å². The van der Waals surface area contributed by atoms with E-state index >= 15 is 0 Å². The van der Waals surface area contributed by atoms with Crippen LogP contribution in [0, 0.1) is 11.8 Å². The van der Waals surface area contributed by atoms with E-state index in [1.807, 2.05) is 29.2 Å². The van der Waals surface area contributed by atoms with Crippen molar-refractivity contribution in [2.45, 2.75) is 64.0 Å². The van der Waals surface area contributed by atoms with Gasteiger partial charge in [0.1, 0.15) is 5.60 Å². The molecule has 0 spiro atoms. The molecule has 0 aromatic heterocycles. The van der Waals surface area contributed by atoms with Gasteiger partial charge in [0.2, 0.25) is 0 Å². The van der Waals surface area contributed by atoms with E-state index in [9.17, 15) is 9.90 Å². The molecule has 1 aromatic carbocycles. The van der Waals surface area contributed by atoms with E-state index in [2.05, 4.69) is 16.7 Å². The molecule has 4 nitrogen and oxygen atoms in total. The maximum Gasteiger partial charge on any atom is 0.253 e. The maximum atomic E-state index is 13.0. The Morgan fingerprint density at radius 1 is 1.07 bits per heavy atom. The second-order valence-corrected chi connectivity index (χ2v) is 8.36. The predicted molar refractivity (Wildman–Crippen MR) is 109 cm³/mol. The molecule has 1 saturated carbocycles. The van der Waals surface area contributed by atoms with Crippen LogP contribution >= 0.6 is 0 Å². The fourth-order valence-corrected chi connectivity index (χ4v) is 4.09. The first-order chi connectivity index (χ1) is 12.9. The van der Waals surface area contributed by atoms with Gasteiger partial charge < -0.3 is 10.0 Å². The molecule has 4 heteroatoms. The standard InChI is InChI=1S/C23H32N2O2/c1-23(2,27)13-12-19-8-6-9-20(18-19)22(26)25-15-7-14-24(16-17-25)21-10-4-3-5-11-21/h6,8-9,18,21,27H,3-5,7,10-11,14-17H2,1-2H3. The summed E-state index contributed by atoms with van der Waals surface area (Å²) in [5, 5.41) is 9.77. The molecule has 1 amide bonds. The summed E-state index contributed by atoms with van der Waals surface area (Å²) >= 11 is 0. The first-order valence-electron chi connectivity index (χ1n) is 10.3. The highest BCUT2D eigenvalue weighted by Crippen LogP contribution is 2.23. The van der Waals surface area contributed by atoms with Crippen molar-refractivity contribution in [2.75, 3.05) is 26.2 Å². The lowest BCUT2D eigenvalue weighted by Crippen LogP contribution is -2.40. The molecule has 1 aromatic rings. The van der Waals surface area contributed by atoms with E-state index in [4.69, 9.17) is 0 Å². The minimum absolute atomic E-state index is 0.0902. The number of hydrogen-bond donors (Lipinski definition) is 1. The van der Waals surface area contributed by atoms with Crippen molar-refractivity contribution >= 4 is 5.91 Å². The van der Waals surface area contributed by atoms with Crippen molar-refractivity contribution in [1.82, 2.24) is 9.80 Å². The zero-order valence-corrected chi connectivity index (χ0v) is 16.7. The van der Waals surface area contributed by atoms with Crippen molar-refractivity contribution in [3.05, 3.63) is 35.4 Å². The number of amides is 1. The first kappa shape index (κ1) is 19.9. The Hall–Kier alpha value is -1.83. The second-order valence-electron chi connectivity index (χ2n) is 8.36. The Labute approximate surface area is 163 Å². The second kappa shape index (κ2) is 8.91. The maximum absolute atomic E-state index is 13.0. The minimum atomic E-state index is -1.03. The highest BCUT2D eigenvalue weighted by atomic mass is 16.3. The van der Waals surface area contributed by atoms with E-state index < -0.39 is 5.60 Å². The van der Waals surface area contributed by atoms with Crippen molar-refractivity contribution in [2.24, 2.45) is 0 Å². The molecule has 2 aliphatic rings. The van der Waals surface area contributed by atoms with Crippen LogP contribution in [0.25, 0.3) is 0 Å². The van der Waals surface area contributed by atoms with E-state index in [1.165, 1.54) is 32.1 Å². The van der Waals surface area contributed by atoms with Crippen molar-refractivity contribution in [3.8, 4) is 11.8 Å². The molecule has 3 rings (SSSR count). The number of benzene rings is 1. The largest absolute Gasteiger partial charge is 0.378 e. The molecule has 0 radical (unpaired) electrons. The van der Waals surface area contributed by atoms with Crippen molar-refractivity contribution < 1.29 is 9.90 Å². The van der Waals surface area contributed by atoms with Crippen LogP contribution in [0.2, 0.25) is 0 Å². The average Bonchev–Trinajstić information content (AvgIpc) is 2.92. The van der Waals surface area contributed by atoms with Gasteiger partial charge in [-0.3, -0.25) is 9.69 Å². The molecule has 2 fully saturated rings. The molecular formula is C23H32N2O2. The number of hydrogen-bond acceptors (Lipinski definition) is 3. The van der Waals surface area contributed by atoms with Crippen LogP contribution in [-0.4, -0.2) is 58.6 Å². The monoisotopic (exact) mass is 368 g/mol. The van der Waals surface area contributed by atoms with Crippen molar-refractivity contribution in [3.63, 3.8) is 0 Å². The van der Waals surface area contributed by atoms with Crippen LogP contribution < -0.4 is 0 Å². The highest BCUT2D eigenvalue weighted by molar-refractivity contribution is 5.94. The average molecular weight is 369 g/mol. The molecule has 1 aliphatic heterocycles. The lowest BCUT2D eigenvalue weighted by Gasteiger charge is -2.33. The quantitative estimate of drug-likeness (QED) is 0.815. The van der Waals surface area contributed by atoms with Gasteiger partial charge in [0.25, 0.3) is 5.91 Å². The summed E-state index contributed by atoms with van der Waals surface area (Å²) in [7, 11) is 0. The topological polar surface area (TPSA) is 43.8 Å². The summed E-state index contributed by atoms with van der Waals surface area (Å²) < 4.78 is 0. The lowest BCUT2D eigenvalue weighted by atomic mass is 9.94. The third kappa shape index (κ3) is 5.82. The Balaban J connectivity index is 1.64. The molecule has 0 bridgehead atoms. The van der Waals surface area contributed by atoms with Crippen LogP contribution in [0.3, 0.4) is 0 Å². The Morgan fingerprint density at radius 2 is 1.85 bits per heavy atom. The van der Waals surface area contributed by atoms with E-state index in [1.54, 1.807) is 13.8 Å². The minimum Gasteiger partial charge on any atom is -0.378 e. The first-order valence-corrected chi connectivity index (χ1v) is 10.3. The molecule has 1 N–H and O–H groups in total. The van der Waals surface area contributed by atoms with Crippen molar-refractivity contribution in [1.29, 1.82) is 0 Å². The van der Waals surface area contributed by atoms with Crippen LogP contribution in [0.5, 0.6) is 0 Å². The smallest absolute Gasteiger partial charge is 0.253 e. The Kier molecular flexibility index (Phi) is 6.57. The fourth-order valence-electron chi connectivity index (χ4n) is 4.09. The van der Waals surface area contributed by atoms with Gasteiger partial charge in [0.05, 0.1) is 0 Å². The van der Waals surface area contributed by atoms with E-state index in [0.29, 0.717) is 11.6 Å². The fraction of sp³-hybridized carbons (Fsp3) is 0.609. The van der Waals surface area contributed by atoms with Gasteiger partial charge in [0, 0.05) is 43.3 Å². The molecule has 0 atom stereocenters. The number of carbonyl (C=O) groups is 1. The summed E-state index contributed by atoms with van der Waals surface area (Å²) in [6, 6.07) is 8.16. The summed E-state index contributed by atoms with van der Waals surface area (Å²) in [6.45, 7) is 7.02. The third-order valence-corrected chi connectivity index (χ3v) is 5.53. The highest BCUT2D eigenvalue weighted by Gasteiger charge is 2.25. The van der Waals surface area contributed by atoms with Crippen LogP contribution in [-0.2, 0) is 0 Å². The molecule has 1 aliphatic carbocycles. The predicted octanol–water partition coefficient (Wildman–Crippen LogP) is 3.29. The summed E-state index contributed by atoms with van der Waals surface area (Å²) in [5.74, 6) is 5.87. The van der Waals surface area contributed by atoms with E-state index in [-0.39, 0.29) is 5.91 Å². The molecule has 1 saturated heterocycles. The number of aliphatic hydroxyl groups is 1. The van der Waals surface area contributed by atoms with Gasteiger partial charge in [-0.1, -0.05) is 37.2 Å². The van der Waals surface area contributed by atoms with Gasteiger partial charge in [-0.25, -0.2) is 0 Å². The SMILES string of the molecule is CC(C)(O)C#Cc1cccc(C(=O)N2CCCN(C3CCCCC3)CC2)c1. The van der Waals surface area contributed by atoms with Gasteiger partial charge >= 0.3 is 0 Å². The summed E-state index contributed by atoms with van der Waals surface area (Å²) in [6.07, 6.45) is 7.75. The zero-order valence-electron chi connectivity index (χ0n) is 16.7. The van der Waals surface area contributed by atoms with E-state index in [0.717, 1.165) is 38.2 Å². The third-order valence-electron chi connectivity index (χ3n) is 5.53. The molecule has 0 unspecified atom stereocenters. The van der Waals surface area contributed by atoms with Gasteiger partial charge in [-0.2, -0.15) is 0 Å². The Morgan fingerprint density at radius 3 is 2.59 bits per heavy atom. The summed E-state index contributed by atoms with van der Waals surface area (Å²) in [4.78, 5) is 17.6. The van der Waals surface area contributed by atoms with Crippen LogP contribution in [0.15, 0.2) is 24.3 Å². The lowest BCUT2D eigenvalue weighted by molar-refractivity contribution is 0.0755. The van der Waals surface area contributed by atoms with Gasteiger partial charge in [-0.15, -0.1) is 0 Å². The molecular weight excluding hydrogens is 336 g/mol. The Bertz CT molecular complexity index is 705. The van der Waals surface area contributed by atoms with Crippen LogP contribution in [0.1, 0.15) is 68.3 Å². The normalized spacial score (nSPS) is 19.9. The molecule has 146 valence electrons. The van der Waals surface area contributed by atoms with Crippen LogP contribution in [0.4, 0.5) is 0 Å². The zero-order chi connectivity index (χ0) is 19.3. The number of rotatable bonds is 2. The number of nitrogens with zero attached hydrogens (tertiary/aromatic N) is 2. The van der Waals surface area contributed by atoms with Gasteiger partial charge in [0.15, 0.2) is 0 Å². The summed E-state index contributed by atoms with van der Waals surface area (Å²) in [5.41, 5.74) is 0.415. The number of carbonyl (C=O) groups excluding carboxylic acids is 1. The molecule has 1 heterocycles.